The first-order valence-corrected chi connectivity index (χ1v) is 19.8. The maximum atomic E-state index is 13.3. The number of hydrogen-bond acceptors (Lipinski definition) is 14. The standard InChI is InChI=1S/C35H48N14O5S2/c1-3-46(15-17-53-21-23-19-48(44-42-23)13-5-11-40-34(36)37)27-9-7-25(55-27)29-31(50)30(33(52)32(29)51)26-8-10-28(56-26)47(4-2)16-18-54-22-24-20-49(45-43-24)14-6-12-41-35(38)39/h7-10,19-20H,3-6,11-18,21-22H2,1-2H3,(H8-,36,37,38,39,40,41,50,51,52)/p+1. The van der Waals surface area contributed by atoms with Crippen LogP contribution in [0.5, 0.6) is 0 Å². The van der Waals surface area contributed by atoms with E-state index in [4.69, 9.17) is 32.4 Å². The number of carbonyl (C=O) groups is 2. The van der Waals surface area contributed by atoms with E-state index in [1.165, 1.54) is 23.1 Å². The number of carbonyl (C=O) groups excluding carboxylic acids is 2. The molecule has 0 amide bonds. The zero-order valence-electron chi connectivity index (χ0n) is 31.5. The van der Waals surface area contributed by atoms with Gasteiger partial charge in [0.05, 0.1) is 48.4 Å². The molecule has 3 aromatic heterocycles. The van der Waals surface area contributed by atoms with E-state index in [0.29, 0.717) is 100.0 Å². The fraction of sp³-hybridized carbons (Fsp3) is 0.457. The molecule has 300 valence electrons. The Balaban J connectivity index is 1.13. The van der Waals surface area contributed by atoms with Gasteiger partial charge in [-0.05, 0) is 56.7 Å². The number of anilines is 1. The molecule has 0 aromatic carbocycles. The van der Waals surface area contributed by atoms with E-state index in [1.807, 2.05) is 38.4 Å². The fourth-order valence-corrected chi connectivity index (χ4v) is 8.03. The first kappa shape index (κ1) is 41.8. The number of aryl methyl sites for hydroxylation is 2. The highest BCUT2D eigenvalue weighted by molar-refractivity contribution is 8.18. The third-order valence-corrected chi connectivity index (χ3v) is 10.9. The van der Waals surface area contributed by atoms with Crippen molar-refractivity contribution >= 4 is 62.2 Å². The van der Waals surface area contributed by atoms with Crippen LogP contribution in [0.4, 0.5) is 5.00 Å². The summed E-state index contributed by atoms with van der Waals surface area (Å²) in [5, 5.41) is 29.6. The number of aromatic nitrogens is 6. The fourth-order valence-electron chi connectivity index (χ4n) is 5.75. The molecule has 0 spiro atoms. The number of thiophene rings is 1. The van der Waals surface area contributed by atoms with Gasteiger partial charge in [-0.2, -0.15) is 0 Å². The summed E-state index contributed by atoms with van der Waals surface area (Å²) in [4.78, 5) is 37.7. The number of rotatable bonds is 22. The number of likely N-dealkylation sites (N-methyl/N-ethyl adjacent to an activating group) is 2. The van der Waals surface area contributed by atoms with Gasteiger partial charge in [-0.25, -0.2) is 4.58 Å². The lowest BCUT2D eigenvalue weighted by Gasteiger charge is -2.20. The van der Waals surface area contributed by atoms with E-state index >= 15 is 0 Å². The number of hydrogen-bond donors (Lipinski definition) is 5. The van der Waals surface area contributed by atoms with Crippen molar-refractivity contribution in [1.82, 2.24) is 30.0 Å². The largest absolute Gasteiger partial charge is 0.506 e. The van der Waals surface area contributed by atoms with Crippen LogP contribution in [0.15, 0.2) is 62.9 Å². The summed E-state index contributed by atoms with van der Waals surface area (Å²) in [6.07, 6.45) is 8.77. The lowest BCUT2D eigenvalue weighted by Crippen LogP contribution is -2.26. The number of aliphatic imine (C=N–C) groups is 2. The molecule has 0 bridgehead atoms. The van der Waals surface area contributed by atoms with Gasteiger partial charge in [-0.1, -0.05) is 10.4 Å². The quantitative estimate of drug-likeness (QED) is 0.0236. The Labute approximate surface area is 332 Å². The summed E-state index contributed by atoms with van der Waals surface area (Å²) in [6, 6.07) is 3.65. The number of allylic oxidation sites excluding steroid dienone is 3. The summed E-state index contributed by atoms with van der Waals surface area (Å²) < 4.78 is 17.3. The molecular formula is C35H49N14O5S2+. The first-order chi connectivity index (χ1) is 27.1. The number of Topliss-reactive ketones (excluding diaryl/α,β-unsaturated/α-hetero) is 2. The van der Waals surface area contributed by atoms with Gasteiger partial charge in [-0.15, -0.1) is 21.5 Å². The van der Waals surface area contributed by atoms with Crippen molar-refractivity contribution in [3.8, 4) is 0 Å². The molecule has 21 heteroatoms. The number of guanidine groups is 2. The molecule has 5 rings (SSSR count). The van der Waals surface area contributed by atoms with Gasteiger partial charge in [0.25, 0.3) is 0 Å². The molecule has 0 unspecified atom stereocenters. The molecule has 0 atom stereocenters. The minimum Gasteiger partial charge on any atom is -0.506 e. The first-order valence-electron chi connectivity index (χ1n) is 18.2. The second kappa shape index (κ2) is 20.5. The maximum Gasteiger partial charge on any atom is 0.239 e. The SMILES string of the molecule is CCN(CCOCc1cn(CCCN=C(N)N)nn1)c1ccc(C2=C(O)C(=C3C=CC(=[N+](CC)CCOCc4cn(CCCN=C(N)N)nn4)S3)C(=O)C2=O)s1. The molecule has 1 aliphatic carbocycles. The lowest BCUT2D eigenvalue weighted by atomic mass is 10.1. The minimum absolute atomic E-state index is 0.0244. The van der Waals surface area contributed by atoms with E-state index in [9.17, 15) is 14.7 Å². The molecule has 4 heterocycles. The number of ketones is 2. The van der Waals surface area contributed by atoms with Crippen LogP contribution in [-0.4, -0.2) is 121 Å². The lowest BCUT2D eigenvalue weighted by molar-refractivity contribution is -0.524. The Morgan fingerprint density at radius 3 is 2.07 bits per heavy atom. The number of thioether (sulfide) groups is 1. The minimum atomic E-state index is -0.719. The number of ether oxygens (including phenoxy) is 2. The van der Waals surface area contributed by atoms with Crippen LogP contribution in [0.25, 0.3) is 5.57 Å². The molecule has 2 aliphatic rings. The van der Waals surface area contributed by atoms with Crippen molar-refractivity contribution < 1.29 is 28.7 Å². The third kappa shape index (κ3) is 11.3. The van der Waals surface area contributed by atoms with Crippen molar-refractivity contribution in [2.45, 2.75) is 53.0 Å². The van der Waals surface area contributed by atoms with Crippen molar-refractivity contribution in [2.75, 3.05) is 57.4 Å². The number of aliphatic hydroxyl groups is 1. The van der Waals surface area contributed by atoms with E-state index in [-0.39, 0.29) is 28.8 Å². The summed E-state index contributed by atoms with van der Waals surface area (Å²) in [6.45, 7) is 10.3. The van der Waals surface area contributed by atoms with Crippen molar-refractivity contribution in [3.05, 3.63) is 69.2 Å². The van der Waals surface area contributed by atoms with Crippen molar-refractivity contribution in [2.24, 2.45) is 32.9 Å². The van der Waals surface area contributed by atoms with Gasteiger partial charge in [0.2, 0.25) is 16.6 Å². The zero-order chi connectivity index (χ0) is 40.0. The molecule has 0 saturated carbocycles. The van der Waals surface area contributed by atoms with Gasteiger partial charge in [0.15, 0.2) is 18.5 Å². The smallest absolute Gasteiger partial charge is 0.239 e. The molecule has 0 saturated heterocycles. The normalized spacial score (nSPS) is 16.3. The van der Waals surface area contributed by atoms with Crippen LogP contribution in [0.2, 0.25) is 0 Å². The van der Waals surface area contributed by atoms with Gasteiger partial charge in [0.1, 0.15) is 30.3 Å². The molecule has 3 aromatic rings. The summed E-state index contributed by atoms with van der Waals surface area (Å²) in [7, 11) is 0. The molecular weight excluding hydrogens is 761 g/mol. The second-order valence-corrected chi connectivity index (χ2v) is 14.7. The predicted molar refractivity (Wildman–Crippen MR) is 216 cm³/mol. The molecule has 1 aliphatic heterocycles. The van der Waals surface area contributed by atoms with Crippen LogP contribution in [0, 0.1) is 0 Å². The monoisotopic (exact) mass is 809 g/mol. The van der Waals surface area contributed by atoms with Crippen LogP contribution in [0.1, 0.15) is 43.0 Å². The van der Waals surface area contributed by atoms with Crippen LogP contribution < -0.4 is 27.8 Å². The predicted octanol–water partition coefficient (Wildman–Crippen LogP) is 0.927. The van der Waals surface area contributed by atoms with Crippen LogP contribution in [-0.2, 0) is 45.4 Å². The van der Waals surface area contributed by atoms with E-state index in [0.717, 1.165) is 22.9 Å². The van der Waals surface area contributed by atoms with Crippen LogP contribution >= 0.6 is 23.1 Å². The highest BCUT2D eigenvalue weighted by atomic mass is 32.2. The Morgan fingerprint density at radius 2 is 1.48 bits per heavy atom. The summed E-state index contributed by atoms with van der Waals surface area (Å²) >= 11 is 2.68. The molecule has 19 nitrogen and oxygen atoms in total. The summed E-state index contributed by atoms with van der Waals surface area (Å²) in [5.74, 6) is -1.61. The average Bonchev–Trinajstić information content (AvgIpc) is 4.02. The zero-order valence-corrected chi connectivity index (χ0v) is 33.2. The Morgan fingerprint density at radius 1 is 0.875 bits per heavy atom. The van der Waals surface area contributed by atoms with Gasteiger partial charge in [-0.3, -0.25) is 28.9 Å². The molecule has 9 N–H and O–H groups in total. The highest BCUT2D eigenvalue weighted by Crippen LogP contribution is 2.42. The van der Waals surface area contributed by atoms with Crippen molar-refractivity contribution in [3.63, 3.8) is 0 Å². The number of nitrogens with zero attached hydrogens (tertiary/aromatic N) is 10. The molecule has 0 radical (unpaired) electrons. The maximum absolute atomic E-state index is 13.3. The summed E-state index contributed by atoms with van der Waals surface area (Å²) in [5.41, 5.74) is 22.9. The van der Waals surface area contributed by atoms with E-state index < -0.39 is 11.6 Å². The average molecular weight is 810 g/mol. The second-order valence-electron chi connectivity index (χ2n) is 12.6. The van der Waals surface area contributed by atoms with Gasteiger partial charge >= 0.3 is 0 Å². The molecule has 56 heavy (non-hydrogen) atoms. The van der Waals surface area contributed by atoms with Crippen LogP contribution in [0.3, 0.4) is 0 Å². The highest BCUT2D eigenvalue weighted by Gasteiger charge is 2.41. The number of aliphatic hydroxyl groups excluding tert-OH is 1. The third-order valence-electron chi connectivity index (χ3n) is 8.56. The Bertz CT molecular complexity index is 2030. The molecule has 0 fully saturated rings. The van der Waals surface area contributed by atoms with E-state index in [2.05, 4.69) is 40.1 Å². The van der Waals surface area contributed by atoms with Crippen molar-refractivity contribution in [1.29, 1.82) is 0 Å². The van der Waals surface area contributed by atoms with Gasteiger partial charge < -0.3 is 42.4 Å². The van der Waals surface area contributed by atoms with E-state index in [1.54, 1.807) is 21.5 Å². The Hall–Kier alpha value is -5.38. The topological polar surface area (TPSA) is 269 Å². The van der Waals surface area contributed by atoms with Gasteiger partial charge in [0, 0.05) is 55.1 Å². The number of nitrogens with two attached hydrogens (primary N) is 4. The Kier molecular flexibility index (Phi) is 15.3.